The van der Waals surface area contributed by atoms with Crippen molar-refractivity contribution in [1.29, 1.82) is 0 Å². The van der Waals surface area contributed by atoms with E-state index in [0.717, 1.165) is 12.1 Å². The molecule has 0 unspecified atom stereocenters. The number of anilines is 1. The molecule has 5 nitrogen and oxygen atoms in total. The number of rotatable bonds is 5. The molecule has 0 spiro atoms. The zero-order valence-electron chi connectivity index (χ0n) is 12.6. The lowest BCUT2D eigenvalue weighted by Gasteiger charge is -2.11. The van der Waals surface area contributed by atoms with Gasteiger partial charge in [0, 0.05) is 22.3 Å². The predicted octanol–water partition coefficient (Wildman–Crippen LogP) is 3.61. The van der Waals surface area contributed by atoms with Crippen molar-refractivity contribution in [3.8, 4) is 5.75 Å². The highest BCUT2D eigenvalue weighted by atomic mass is 35.5. The highest BCUT2D eigenvalue weighted by Crippen LogP contribution is 2.24. The average molecular weight is 373 g/mol. The van der Waals surface area contributed by atoms with Crippen LogP contribution in [0.2, 0.25) is 5.02 Å². The molecule has 2 aromatic carbocycles. The van der Waals surface area contributed by atoms with E-state index in [0.29, 0.717) is 5.02 Å². The molecule has 0 bridgehead atoms. The van der Waals surface area contributed by atoms with Crippen molar-refractivity contribution in [2.24, 2.45) is 0 Å². The van der Waals surface area contributed by atoms with Crippen LogP contribution in [0, 0.1) is 0 Å². The maximum atomic E-state index is 12.2. The minimum atomic E-state index is -4.83. The largest absolute Gasteiger partial charge is 0.573 e. The molecule has 2 N–H and O–H groups in total. The van der Waals surface area contributed by atoms with Gasteiger partial charge in [0.15, 0.2) is 0 Å². The molecule has 0 saturated heterocycles. The van der Waals surface area contributed by atoms with Crippen LogP contribution in [0.4, 0.5) is 18.9 Å². The topological polar surface area (TPSA) is 67.4 Å². The number of hydrogen-bond donors (Lipinski definition) is 2. The number of halogens is 4. The van der Waals surface area contributed by atoms with Crippen molar-refractivity contribution in [1.82, 2.24) is 5.32 Å². The summed E-state index contributed by atoms with van der Waals surface area (Å²) < 4.78 is 40.3. The Morgan fingerprint density at radius 3 is 2.48 bits per heavy atom. The van der Waals surface area contributed by atoms with Crippen molar-refractivity contribution in [2.45, 2.75) is 6.36 Å². The third-order valence-electron chi connectivity index (χ3n) is 2.85. The standard InChI is InChI=1S/C16H12ClF3N2O3/c17-11-4-1-3-10(7-11)15(24)21-9-14(23)22-12-5-2-6-13(8-12)25-16(18,19)20/h1-8H,9H2,(H,21,24)(H,22,23). The van der Waals surface area contributed by atoms with Crippen LogP contribution in [-0.4, -0.2) is 24.7 Å². The first-order chi connectivity index (χ1) is 11.7. The van der Waals surface area contributed by atoms with E-state index >= 15 is 0 Å². The first kappa shape index (κ1) is 18.6. The maximum Gasteiger partial charge on any atom is 0.573 e. The first-order valence-electron chi connectivity index (χ1n) is 6.92. The van der Waals surface area contributed by atoms with E-state index in [1.54, 1.807) is 12.1 Å². The van der Waals surface area contributed by atoms with Gasteiger partial charge in [-0.3, -0.25) is 9.59 Å². The number of alkyl halides is 3. The Bertz CT molecular complexity index is 781. The van der Waals surface area contributed by atoms with E-state index in [2.05, 4.69) is 15.4 Å². The SMILES string of the molecule is O=C(CNC(=O)c1cccc(Cl)c1)Nc1cccc(OC(F)(F)F)c1. The summed E-state index contributed by atoms with van der Waals surface area (Å²) in [5.41, 5.74) is 0.379. The summed E-state index contributed by atoms with van der Waals surface area (Å²) in [6.07, 6.45) is -4.83. The van der Waals surface area contributed by atoms with Gasteiger partial charge < -0.3 is 15.4 Å². The van der Waals surface area contributed by atoms with Crippen LogP contribution >= 0.6 is 11.6 Å². The van der Waals surface area contributed by atoms with Gasteiger partial charge in [0.05, 0.1) is 6.54 Å². The van der Waals surface area contributed by atoms with Crippen LogP contribution in [0.15, 0.2) is 48.5 Å². The van der Waals surface area contributed by atoms with Crippen molar-refractivity contribution in [3.63, 3.8) is 0 Å². The van der Waals surface area contributed by atoms with Gasteiger partial charge >= 0.3 is 6.36 Å². The van der Waals surface area contributed by atoms with Crippen molar-refractivity contribution < 1.29 is 27.5 Å². The molecule has 2 amide bonds. The normalized spacial score (nSPS) is 10.9. The van der Waals surface area contributed by atoms with E-state index < -0.39 is 23.9 Å². The van der Waals surface area contributed by atoms with E-state index in [9.17, 15) is 22.8 Å². The Balaban J connectivity index is 1.90. The highest BCUT2D eigenvalue weighted by Gasteiger charge is 2.31. The van der Waals surface area contributed by atoms with Gasteiger partial charge in [-0.2, -0.15) is 0 Å². The third kappa shape index (κ3) is 6.34. The molecule has 0 heterocycles. The fraction of sp³-hybridized carbons (Fsp3) is 0.125. The molecule has 2 rings (SSSR count). The van der Waals surface area contributed by atoms with Crippen LogP contribution in [-0.2, 0) is 4.79 Å². The summed E-state index contributed by atoms with van der Waals surface area (Å²) in [6.45, 7) is -0.365. The molecule has 0 radical (unpaired) electrons. The van der Waals surface area contributed by atoms with E-state index in [4.69, 9.17) is 11.6 Å². The molecule has 0 aliphatic carbocycles. The molecule has 9 heteroatoms. The third-order valence-corrected chi connectivity index (χ3v) is 3.08. The van der Waals surface area contributed by atoms with E-state index in [1.807, 2.05) is 0 Å². The monoisotopic (exact) mass is 372 g/mol. The lowest BCUT2D eigenvalue weighted by Crippen LogP contribution is -2.32. The fourth-order valence-corrected chi connectivity index (χ4v) is 2.06. The molecule has 0 fully saturated rings. The van der Waals surface area contributed by atoms with Crippen LogP contribution in [0.1, 0.15) is 10.4 Å². The van der Waals surface area contributed by atoms with Crippen molar-refractivity contribution in [3.05, 3.63) is 59.1 Å². The summed E-state index contributed by atoms with van der Waals surface area (Å²) in [5.74, 6) is -1.58. The molecule has 25 heavy (non-hydrogen) atoms. The number of benzene rings is 2. The summed E-state index contributed by atoms with van der Waals surface area (Å²) in [4.78, 5) is 23.7. The van der Waals surface area contributed by atoms with E-state index in [-0.39, 0.29) is 17.8 Å². The molecule has 2 aromatic rings. The molecular weight excluding hydrogens is 361 g/mol. The van der Waals surface area contributed by atoms with Gasteiger partial charge in [-0.25, -0.2) is 0 Å². The highest BCUT2D eigenvalue weighted by molar-refractivity contribution is 6.31. The van der Waals surface area contributed by atoms with Gasteiger partial charge in [0.1, 0.15) is 5.75 Å². The van der Waals surface area contributed by atoms with Gasteiger partial charge in [-0.05, 0) is 30.3 Å². The molecular formula is C16H12ClF3N2O3. The summed E-state index contributed by atoms with van der Waals surface area (Å²) in [6, 6.07) is 10.9. The number of hydrogen-bond acceptors (Lipinski definition) is 3. The number of carbonyl (C=O) groups is 2. The average Bonchev–Trinajstić information content (AvgIpc) is 2.51. The number of ether oxygens (including phenoxy) is 1. The smallest absolute Gasteiger partial charge is 0.406 e. The Hall–Kier alpha value is -2.74. The second kappa shape index (κ2) is 7.89. The first-order valence-corrected chi connectivity index (χ1v) is 7.30. The zero-order valence-corrected chi connectivity index (χ0v) is 13.3. The van der Waals surface area contributed by atoms with Gasteiger partial charge in [0.2, 0.25) is 5.91 Å². The number of carbonyl (C=O) groups excluding carboxylic acids is 2. The van der Waals surface area contributed by atoms with Crippen LogP contribution in [0.3, 0.4) is 0 Å². The summed E-state index contributed by atoms with van der Waals surface area (Å²) >= 11 is 5.77. The van der Waals surface area contributed by atoms with Gasteiger partial charge in [0.25, 0.3) is 5.91 Å². The number of amides is 2. The minimum absolute atomic E-state index is 0.101. The second-order valence-electron chi connectivity index (χ2n) is 4.82. The van der Waals surface area contributed by atoms with Crippen LogP contribution in [0.5, 0.6) is 5.75 Å². The predicted molar refractivity (Wildman–Crippen MR) is 85.5 cm³/mol. The Labute approximate surface area is 145 Å². The second-order valence-corrected chi connectivity index (χ2v) is 5.25. The van der Waals surface area contributed by atoms with Gasteiger partial charge in [-0.15, -0.1) is 13.2 Å². The molecule has 132 valence electrons. The van der Waals surface area contributed by atoms with Gasteiger partial charge in [-0.1, -0.05) is 23.7 Å². The van der Waals surface area contributed by atoms with Crippen LogP contribution in [0.25, 0.3) is 0 Å². The van der Waals surface area contributed by atoms with Crippen LogP contribution < -0.4 is 15.4 Å². The Kier molecular flexibility index (Phi) is 5.87. The van der Waals surface area contributed by atoms with Crippen molar-refractivity contribution in [2.75, 3.05) is 11.9 Å². The maximum absolute atomic E-state index is 12.2. The molecule has 0 atom stereocenters. The Morgan fingerprint density at radius 2 is 1.80 bits per heavy atom. The molecule has 0 saturated carbocycles. The summed E-state index contributed by atoms with van der Waals surface area (Å²) in [5, 5.41) is 5.11. The molecule has 0 aromatic heterocycles. The Morgan fingerprint density at radius 1 is 1.08 bits per heavy atom. The summed E-state index contributed by atoms with van der Waals surface area (Å²) in [7, 11) is 0. The van der Waals surface area contributed by atoms with E-state index in [1.165, 1.54) is 24.3 Å². The minimum Gasteiger partial charge on any atom is -0.406 e. The van der Waals surface area contributed by atoms with Crippen molar-refractivity contribution >= 4 is 29.1 Å². The lowest BCUT2D eigenvalue weighted by molar-refractivity contribution is -0.274. The zero-order chi connectivity index (χ0) is 18.4. The molecule has 0 aliphatic heterocycles. The molecule has 0 aliphatic rings. The quantitative estimate of drug-likeness (QED) is 0.842. The lowest BCUT2D eigenvalue weighted by atomic mass is 10.2. The number of nitrogens with one attached hydrogen (secondary N) is 2. The fourth-order valence-electron chi connectivity index (χ4n) is 1.87.